The molecule has 2 amide bonds. The number of hydrogen-bond acceptors (Lipinski definition) is 4. The molecule has 130 valence electrons. The van der Waals surface area contributed by atoms with E-state index in [1.165, 1.54) is 0 Å². The Hall–Kier alpha value is -1.92. The van der Waals surface area contributed by atoms with Gasteiger partial charge in [0, 0.05) is 20.2 Å². The summed E-state index contributed by atoms with van der Waals surface area (Å²) in [5, 5.41) is 3.18. The minimum atomic E-state index is -0.443. The Balaban J connectivity index is 1.65. The molecule has 0 spiro atoms. The van der Waals surface area contributed by atoms with Gasteiger partial charge in [-0.25, -0.2) is 5.01 Å². The van der Waals surface area contributed by atoms with Crippen molar-refractivity contribution in [3.8, 4) is 0 Å². The molecular formula is C18H24N2O4. The summed E-state index contributed by atoms with van der Waals surface area (Å²) < 4.78 is 10.2. The molecule has 3 rings (SSSR count). The van der Waals surface area contributed by atoms with Crippen LogP contribution in [0.25, 0.3) is 0 Å². The van der Waals surface area contributed by atoms with Gasteiger partial charge in [0.15, 0.2) is 0 Å². The number of nitrogens with zero attached hydrogens (tertiary/aromatic N) is 2. The summed E-state index contributed by atoms with van der Waals surface area (Å²) in [7, 11) is 1.59. The first-order valence-electron chi connectivity index (χ1n) is 8.43. The summed E-state index contributed by atoms with van der Waals surface area (Å²) in [6, 6.07) is 9.87. The van der Waals surface area contributed by atoms with Crippen LogP contribution in [0.5, 0.6) is 0 Å². The molecule has 2 aliphatic rings. The third-order valence-corrected chi connectivity index (χ3v) is 4.70. The van der Waals surface area contributed by atoms with Crippen LogP contribution < -0.4 is 0 Å². The number of carbonyl (C=O) groups is 2. The van der Waals surface area contributed by atoms with E-state index in [9.17, 15) is 9.59 Å². The second-order valence-corrected chi connectivity index (χ2v) is 6.29. The summed E-state index contributed by atoms with van der Waals surface area (Å²) in [5.74, 6) is -0.128. The van der Waals surface area contributed by atoms with Crippen molar-refractivity contribution in [3.05, 3.63) is 35.9 Å². The molecule has 1 aromatic rings. The maximum absolute atomic E-state index is 13.1. The Labute approximate surface area is 142 Å². The summed E-state index contributed by atoms with van der Waals surface area (Å²) in [5.41, 5.74) is 0.603. The van der Waals surface area contributed by atoms with E-state index >= 15 is 0 Å². The van der Waals surface area contributed by atoms with Gasteiger partial charge in [0.2, 0.25) is 0 Å². The number of hydrazine groups is 1. The lowest BCUT2D eigenvalue weighted by Gasteiger charge is -2.31. The van der Waals surface area contributed by atoms with Crippen molar-refractivity contribution in [1.29, 1.82) is 0 Å². The predicted molar refractivity (Wildman–Crippen MR) is 88.1 cm³/mol. The lowest BCUT2D eigenvalue weighted by Crippen LogP contribution is -2.50. The minimum Gasteiger partial charge on any atom is -0.382 e. The molecule has 24 heavy (non-hydrogen) atoms. The molecule has 1 heterocycles. The van der Waals surface area contributed by atoms with Crippen molar-refractivity contribution >= 4 is 11.8 Å². The SMILES string of the molecule is COCCOCC(=O)N1CCCN1C(=O)C1(c2ccccc2)CC1. The van der Waals surface area contributed by atoms with Crippen LogP contribution in [0.15, 0.2) is 30.3 Å². The zero-order chi connectivity index (χ0) is 17.0. The maximum atomic E-state index is 13.1. The second kappa shape index (κ2) is 7.32. The number of benzene rings is 1. The highest BCUT2D eigenvalue weighted by Crippen LogP contribution is 2.50. The molecular weight excluding hydrogens is 308 g/mol. The molecule has 1 saturated heterocycles. The zero-order valence-corrected chi connectivity index (χ0v) is 14.1. The van der Waals surface area contributed by atoms with Crippen LogP contribution in [-0.4, -0.2) is 61.9 Å². The van der Waals surface area contributed by atoms with Gasteiger partial charge in [0.1, 0.15) is 6.61 Å². The first-order valence-corrected chi connectivity index (χ1v) is 8.43. The van der Waals surface area contributed by atoms with Gasteiger partial charge in [0.05, 0.1) is 18.6 Å². The first-order chi connectivity index (χ1) is 11.7. The van der Waals surface area contributed by atoms with Gasteiger partial charge in [0.25, 0.3) is 11.8 Å². The summed E-state index contributed by atoms with van der Waals surface area (Å²) in [6.07, 6.45) is 2.50. The van der Waals surface area contributed by atoms with Gasteiger partial charge < -0.3 is 9.47 Å². The molecule has 0 N–H and O–H groups in total. The second-order valence-electron chi connectivity index (χ2n) is 6.29. The van der Waals surface area contributed by atoms with Gasteiger partial charge >= 0.3 is 0 Å². The standard InChI is InChI=1S/C18H24N2O4/c1-23-12-13-24-14-16(21)19-10-5-11-20(19)17(22)18(8-9-18)15-6-3-2-4-7-15/h2-4,6-7H,5,8-14H2,1H3. The minimum absolute atomic E-state index is 0.0223. The normalized spacial score (nSPS) is 18.7. The average Bonchev–Trinajstić information content (AvgIpc) is 3.28. The van der Waals surface area contributed by atoms with Crippen molar-refractivity contribution in [2.75, 3.05) is 40.0 Å². The van der Waals surface area contributed by atoms with Crippen molar-refractivity contribution in [2.24, 2.45) is 0 Å². The lowest BCUT2D eigenvalue weighted by molar-refractivity contribution is -0.162. The Kier molecular flexibility index (Phi) is 5.16. The predicted octanol–water partition coefficient (Wildman–Crippen LogP) is 1.36. The van der Waals surface area contributed by atoms with E-state index in [0.717, 1.165) is 24.8 Å². The van der Waals surface area contributed by atoms with E-state index in [0.29, 0.717) is 26.3 Å². The average molecular weight is 332 g/mol. The molecule has 6 heteroatoms. The molecule has 0 atom stereocenters. The van der Waals surface area contributed by atoms with E-state index in [1.54, 1.807) is 17.1 Å². The molecule has 1 saturated carbocycles. The zero-order valence-electron chi connectivity index (χ0n) is 14.1. The number of carbonyl (C=O) groups excluding carboxylic acids is 2. The Morgan fingerprint density at radius 2 is 1.79 bits per heavy atom. The topological polar surface area (TPSA) is 59.1 Å². The number of rotatable bonds is 7. The number of hydrogen-bond donors (Lipinski definition) is 0. The molecule has 6 nitrogen and oxygen atoms in total. The number of ether oxygens (including phenoxy) is 2. The number of methoxy groups -OCH3 is 1. The first kappa shape index (κ1) is 16.9. The van der Waals surface area contributed by atoms with Crippen LogP contribution >= 0.6 is 0 Å². The molecule has 1 aliphatic heterocycles. The highest BCUT2D eigenvalue weighted by molar-refractivity contribution is 5.93. The third-order valence-electron chi connectivity index (χ3n) is 4.70. The Bertz CT molecular complexity index is 586. The van der Waals surface area contributed by atoms with E-state index in [1.807, 2.05) is 30.3 Å². The van der Waals surface area contributed by atoms with Gasteiger partial charge in [-0.2, -0.15) is 0 Å². The van der Waals surface area contributed by atoms with E-state index in [2.05, 4.69) is 0 Å². The van der Waals surface area contributed by atoms with Gasteiger partial charge in [-0.05, 0) is 24.8 Å². The highest BCUT2D eigenvalue weighted by Gasteiger charge is 2.54. The van der Waals surface area contributed by atoms with Crippen molar-refractivity contribution in [2.45, 2.75) is 24.7 Å². The summed E-state index contributed by atoms with van der Waals surface area (Å²) in [4.78, 5) is 25.5. The highest BCUT2D eigenvalue weighted by atomic mass is 16.5. The lowest BCUT2D eigenvalue weighted by atomic mass is 9.95. The molecule has 0 aromatic heterocycles. The monoisotopic (exact) mass is 332 g/mol. The fourth-order valence-electron chi connectivity index (χ4n) is 3.21. The summed E-state index contributed by atoms with van der Waals surface area (Å²) >= 11 is 0. The molecule has 0 unspecified atom stereocenters. The largest absolute Gasteiger partial charge is 0.382 e. The van der Waals surface area contributed by atoms with E-state index in [-0.39, 0.29) is 18.4 Å². The Morgan fingerprint density at radius 1 is 1.08 bits per heavy atom. The van der Waals surface area contributed by atoms with Gasteiger partial charge in [-0.15, -0.1) is 0 Å². The molecule has 0 bridgehead atoms. The fourth-order valence-corrected chi connectivity index (χ4v) is 3.21. The third kappa shape index (κ3) is 3.30. The van der Waals surface area contributed by atoms with Crippen LogP contribution in [0.1, 0.15) is 24.8 Å². The molecule has 1 aromatic carbocycles. The van der Waals surface area contributed by atoms with E-state index < -0.39 is 5.41 Å². The van der Waals surface area contributed by atoms with Crippen molar-refractivity contribution < 1.29 is 19.1 Å². The van der Waals surface area contributed by atoms with Gasteiger partial charge in [-0.1, -0.05) is 30.3 Å². The molecule has 2 fully saturated rings. The quantitative estimate of drug-likeness (QED) is 0.708. The molecule has 1 aliphatic carbocycles. The Morgan fingerprint density at radius 3 is 2.46 bits per heavy atom. The van der Waals surface area contributed by atoms with Crippen molar-refractivity contribution in [3.63, 3.8) is 0 Å². The van der Waals surface area contributed by atoms with Gasteiger partial charge in [-0.3, -0.25) is 14.6 Å². The van der Waals surface area contributed by atoms with Crippen LogP contribution in [0.2, 0.25) is 0 Å². The van der Waals surface area contributed by atoms with Crippen LogP contribution in [0, 0.1) is 0 Å². The summed E-state index contributed by atoms with van der Waals surface area (Å²) in [6.45, 7) is 1.97. The smallest absolute Gasteiger partial charge is 0.267 e. The van der Waals surface area contributed by atoms with Crippen LogP contribution in [0.4, 0.5) is 0 Å². The van der Waals surface area contributed by atoms with Crippen LogP contribution in [0.3, 0.4) is 0 Å². The van der Waals surface area contributed by atoms with Crippen molar-refractivity contribution in [1.82, 2.24) is 10.0 Å². The number of amides is 2. The maximum Gasteiger partial charge on any atom is 0.267 e. The fraction of sp³-hybridized carbons (Fsp3) is 0.556. The van der Waals surface area contributed by atoms with Crippen LogP contribution in [-0.2, 0) is 24.5 Å². The van der Waals surface area contributed by atoms with E-state index in [4.69, 9.17) is 9.47 Å². The molecule has 0 radical (unpaired) electrons.